The van der Waals surface area contributed by atoms with E-state index in [-0.39, 0.29) is 42.6 Å². The number of sulfonamides is 1. The molecule has 0 radical (unpaired) electrons. The highest BCUT2D eigenvalue weighted by molar-refractivity contribution is 7.89. The fourth-order valence-electron chi connectivity index (χ4n) is 4.61. The van der Waals surface area contributed by atoms with Crippen molar-refractivity contribution in [3.8, 4) is 28.4 Å². The Morgan fingerprint density at radius 2 is 1.65 bits per heavy atom. The molecule has 0 atom stereocenters. The average molecular weight is 583 g/mol. The summed E-state index contributed by atoms with van der Waals surface area (Å²) in [6.45, 7) is 0.164. The molecular weight excluding hydrogens is 553 g/mol. The molecule has 1 saturated heterocycles. The summed E-state index contributed by atoms with van der Waals surface area (Å²) in [4.78, 5) is 12.0. The molecule has 9 nitrogen and oxygen atoms in total. The first-order chi connectivity index (χ1) is 19.0. The van der Waals surface area contributed by atoms with E-state index in [1.807, 2.05) is 0 Å². The number of hydrogen-bond acceptors (Lipinski definition) is 7. The van der Waals surface area contributed by atoms with Crippen LogP contribution in [0.5, 0.6) is 17.2 Å². The molecule has 0 bridgehead atoms. The lowest BCUT2D eigenvalue weighted by molar-refractivity contribution is -0.137. The summed E-state index contributed by atoms with van der Waals surface area (Å²) >= 11 is 0. The first-order valence-corrected chi connectivity index (χ1v) is 13.6. The van der Waals surface area contributed by atoms with Gasteiger partial charge in [0.2, 0.25) is 10.0 Å². The lowest BCUT2D eigenvalue weighted by Crippen LogP contribution is -2.42. The highest BCUT2D eigenvalue weighted by Gasteiger charge is 2.36. The van der Waals surface area contributed by atoms with Crippen molar-refractivity contribution in [1.82, 2.24) is 9.79 Å². The van der Waals surface area contributed by atoms with E-state index in [1.165, 1.54) is 54.3 Å². The van der Waals surface area contributed by atoms with Crippen molar-refractivity contribution in [2.24, 2.45) is 0 Å². The minimum absolute atomic E-state index is 0. The van der Waals surface area contributed by atoms with Crippen LogP contribution in [0.4, 0.5) is 13.2 Å². The molecule has 1 aliphatic rings. The van der Waals surface area contributed by atoms with Crippen molar-refractivity contribution >= 4 is 15.9 Å². The number of rotatable bonds is 8. The van der Waals surface area contributed by atoms with E-state index in [1.54, 1.807) is 24.3 Å². The number of alkyl halides is 3. The van der Waals surface area contributed by atoms with Gasteiger partial charge in [0.25, 0.3) is 5.91 Å². The van der Waals surface area contributed by atoms with Gasteiger partial charge in [0.15, 0.2) is 11.5 Å². The number of nitrogens with one attached hydrogen (secondary N) is 1. The van der Waals surface area contributed by atoms with E-state index in [4.69, 9.17) is 14.2 Å². The number of piperidine rings is 1. The van der Waals surface area contributed by atoms with Crippen molar-refractivity contribution in [3.05, 3.63) is 71.8 Å². The SMILES string of the molecule is COc1ccc(S(=O)(=O)N2CCC(Oc3ccc(-c4ccccc4C(F)(F)F)cc3)CC2)c(C(=O)NO)c1OC.[HH]. The number of amides is 1. The maximum absolute atomic E-state index is 13.5. The highest BCUT2D eigenvalue weighted by Crippen LogP contribution is 2.39. The van der Waals surface area contributed by atoms with E-state index in [0.29, 0.717) is 24.2 Å². The van der Waals surface area contributed by atoms with Gasteiger partial charge in [0.05, 0.1) is 24.7 Å². The van der Waals surface area contributed by atoms with Crippen molar-refractivity contribution in [3.63, 3.8) is 0 Å². The molecule has 0 spiro atoms. The Kier molecular flexibility index (Phi) is 8.57. The predicted octanol–water partition coefficient (Wildman–Crippen LogP) is 4.99. The Bertz CT molecular complexity index is 1480. The zero-order valence-corrected chi connectivity index (χ0v) is 22.4. The van der Waals surface area contributed by atoms with E-state index >= 15 is 0 Å². The van der Waals surface area contributed by atoms with Crippen LogP contribution in [0, 0.1) is 0 Å². The summed E-state index contributed by atoms with van der Waals surface area (Å²) in [6.07, 6.45) is -4.18. The number of nitrogens with zero attached hydrogens (tertiary/aromatic N) is 1. The summed E-state index contributed by atoms with van der Waals surface area (Å²) in [5, 5.41) is 9.21. The molecule has 2 N–H and O–H groups in total. The Morgan fingerprint density at radius 3 is 2.23 bits per heavy atom. The molecule has 1 amide bonds. The first-order valence-electron chi connectivity index (χ1n) is 12.1. The molecular formula is C27H29F3N2O7S. The number of hydrogen-bond donors (Lipinski definition) is 2. The molecule has 3 aromatic carbocycles. The maximum Gasteiger partial charge on any atom is 0.417 e. The minimum atomic E-state index is -4.49. The Labute approximate surface area is 230 Å². The smallest absolute Gasteiger partial charge is 0.417 e. The molecule has 0 aromatic heterocycles. The summed E-state index contributed by atoms with van der Waals surface area (Å²) in [6, 6.07) is 14.1. The van der Waals surface area contributed by atoms with Gasteiger partial charge in [-0.15, -0.1) is 0 Å². The van der Waals surface area contributed by atoms with E-state index in [9.17, 15) is 31.6 Å². The lowest BCUT2D eigenvalue weighted by Gasteiger charge is -2.32. The second kappa shape index (κ2) is 11.7. The molecule has 4 rings (SSSR count). The van der Waals surface area contributed by atoms with Crippen molar-refractivity contribution in [2.75, 3.05) is 27.3 Å². The van der Waals surface area contributed by atoms with Gasteiger partial charge in [-0.1, -0.05) is 30.3 Å². The third-order valence-corrected chi connectivity index (χ3v) is 8.50. The topological polar surface area (TPSA) is 114 Å². The van der Waals surface area contributed by atoms with Crippen molar-refractivity contribution in [1.29, 1.82) is 0 Å². The van der Waals surface area contributed by atoms with Gasteiger partial charge in [0.1, 0.15) is 17.4 Å². The Hall–Kier alpha value is -3.81. The summed E-state index contributed by atoms with van der Waals surface area (Å²) in [5.41, 5.74) is 0.772. The van der Waals surface area contributed by atoms with Crippen LogP contribution in [0.1, 0.15) is 30.2 Å². The van der Waals surface area contributed by atoms with E-state index in [0.717, 1.165) is 6.07 Å². The average Bonchev–Trinajstić information content (AvgIpc) is 2.96. The van der Waals surface area contributed by atoms with Crippen LogP contribution in [0.3, 0.4) is 0 Å². The first kappa shape index (κ1) is 29.2. The Balaban J connectivity index is 0.00000462. The number of carbonyl (C=O) groups excluding carboxylic acids is 1. The second-order valence-corrected chi connectivity index (χ2v) is 10.8. The lowest BCUT2D eigenvalue weighted by atomic mass is 9.99. The normalized spacial score (nSPS) is 14.9. The third kappa shape index (κ3) is 5.86. The van der Waals surface area contributed by atoms with Gasteiger partial charge in [-0.25, -0.2) is 13.9 Å². The largest absolute Gasteiger partial charge is 0.493 e. The number of hydroxylamine groups is 1. The minimum Gasteiger partial charge on any atom is -0.493 e. The third-order valence-electron chi connectivity index (χ3n) is 6.56. The van der Waals surface area contributed by atoms with Gasteiger partial charge in [-0.3, -0.25) is 10.0 Å². The fourth-order valence-corrected chi connectivity index (χ4v) is 6.26. The van der Waals surface area contributed by atoms with Crippen LogP contribution in [-0.2, 0) is 16.2 Å². The number of benzene rings is 3. The van der Waals surface area contributed by atoms with Gasteiger partial charge in [-0.2, -0.15) is 17.5 Å². The zero-order chi connectivity index (χ0) is 29.1. The molecule has 1 aliphatic heterocycles. The maximum atomic E-state index is 13.5. The van der Waals surface area contributed by atoms with Crippen LogP contribution in [-0.4, -0.2) is 57.3 Å². The number of ether oxygens (including phenoxy) is 3. The van der Waals surface area contributed by atoms with E-state index < -0.39 is 33.2 Å². The molecule has 13 heteroatoms. The number of carbonyl (C=O) groups is 1. The number of halogens is 3. The molecule has 3 aromatic rings. The van der Waals surface area contributed by atoms with Crippen LogP contribution in [0.25, 0.3) is 11.1 Å². The number of methoxy groups -OCH3 is 2. The quantitative estimate of drug-likeness (QED) is 0.284. The van der Waals surface area contributed by atoms with Gasteiger partial charge >= 0.3 is 6.18 Å². The molecule has 1 fully saturated rings. The molecule has 40 heavy (non-hydrogen) atoms. The molecule has 0 aliphatic carbocycles. The van der Waals surface area contributed by atoms with Gasteiger partial charge in [-0.05, 0) is 54.3 Å². The predicted molar refractivity (Wildman–Crippen MR) is 140 cm³/mol. The van der Waals surface area contributed by atoms with Crippen molar-refractivity contribution < 1.29 is 47.2 Å². The summed E-state index contributed by atoms with van der Waals surface area (Å²) in [7, 11) is -1.61. The molecule has 0 saturated carbocycles. The van der Waals surface area contributed by atoms with Crippen molar-refractivity contribution in [2.45, 2.75) is 30.0 Å². The van der Waals surface area contributed by atoms with Crippen LogP contribution in [0.15, 0.2) is 65.6 Å². The van der Waals surface area contributed by atoms with Gasteiger partial charge in [0, 0.05) is 14.5 Å². The standard InChI is InChI=1S/C27H27F3N2O7S.H2/c1-37-22-11-12-23(24(25(22)38-2)26(33)31-34)40(35,36)32-15-13-19(14-16-32)39-18-9-7-17(8-10-18)20-5-3-4-6-21(20)27(28,29)30;/h3-12,19,34H,13-16H2,1-2H3,(H,31,33);1H. The highest BCUT2D eigenvalue weighted by atomic mass is 32.2. The molecule has 1 heterocycles. The van der Waals surface area contributed by atoms with Crippen LogP contribution >= 0.6 is 0 Å². The van der Waals surface area contributed by atoms with Crippen LogP contribution in [0.2, 0.25) is 0 Å². The summed E-state index contributed by atoms with van der Waals surface area (Å²) < 4.78 is 84.6. The van der Waals surface area contributed by atoms with E-state index in [2.05, 4.69) is 0 Å². The monoisotopic (exact) mass is 582 g/mol. The second-order valence-electron chi connectivity index (χ2n) is 8.90. The van der Waals surface area contributed by atoms with Gasteiger partial charge < -0.3 is 14.2 Å². The zero-order valence-electron chi connectivity index (χ0n) is 21.6. The fraction of sp³-hybridized carbons (Fsp3) is 0.296. The summed E-state index contributed by atoms with van der Waals surface area (Å²) in [5.74, 6) is -0.667. The molecule has 216 valence electrons. The molecule has 0 unspecified atom stereocenters. The Morgan fingerprint density at radius 1 is 1.00 bits per heavy atom. The van der Waals surface area contributed by atoms with Crippen LogP contribution < -0.4 is 19.7 Å².